The van der Waals surface area contributed by atoms with Crippen LogP contribution in [0.2, 0.25) is 0 Å². The van der Waals surface area contributed by atoms with Crippen LogP contribution in [0.4, 0.5) is 5.69 Å². The van der Waals surface area contributed by atoms with E-state index in [1.807, 2.05) is 12.1 Å². The number of methoxy groups -OCH3 is 1. The fraction of sp³-hybridized carbons (Fsp3) is 0.600. The Hall–Kier alpha value is -1.71. The number of aliphatic imine (C=N–C) groups is 1. The van der Waals surface area contributed by atoms with Crippen molar-refractivity contribution in [2.24, 2.45) is 10.9 Å². The number of anilines is 1. The summed E-state index contributed by atoms with van der Waals surface area (Å²) < 4.78 is 5.33. The quantitative estimate of drug-likeness (QED) is 0.259. The third kappa shape index (κ3) is 6.42. The summed E-state index contributed by atoms with van der Waals surface area (Å²) in [5, 5.41) is 6.35. The fourth-order valence-electron chi connectivity index (χ4n) is 3.24. The largest absolute Gasteiger partial charge is 0.497 e. The van der Waals surface area contributed by atoms with Crippen molar-refractivity contribution in [3.05, 3.63) is 24.3 Å². The van der Waals surface area contributed by atoms with Gasteiger partial charge in [-0.1, -0.05) is 6.07 Å². The summed E-state index contributed by atoms with van der Waals surface area (Å²) in [5.74, 6) is 2.26. The minimum absolute atomic E-state index is 0. The molecule has 1 aromatic rings. The molecule has 0 radical (unpaired) electrons. The highest BCUT2D eigenvalue weighted by atomic mass is 127. The van der Waals surface area contributed by atoms with Crippen LogP contribution in [-0.4, -0.2) is 69.7 Å². The lowest BCUT2D eigenvalue weighted by atomic mass is 10.2. The van der Waals surface area contributed by atoms with Gasteiger partial charge in [0, 0.05) is 56.9 Å². The maximum absolute atomic E-state index is 11.7. The number of amides is 1. The van der Waals surface area contributed by atoms with Crippen LogP contribution in [0.5, 0.6) is 5.75 Å². The Morgan fingerprint density at radius 1 is 1.21 bits per heavy atom. The van der Waals surface area contributed by atoms with Gasteiger partial charge in [-0.15, -0.1) is 24.0 Å². The number of carbonyl (C=O) groups excluding carboxylic acids is 1. The Morgan fingerprint density at radius 2 is 1.96 bits per heavy atom. The van der Waals surface area contributed by atoms with Crippen LogP contribution in [0.25, 0.3) is 0 Å². The zero-order valence-corrected chi connectivity index (χ0v) is 19.1. The molecule has 8 heteroatoms. The second kappa shape index (κ2) is 11.3. The van der Waals surface area contributed by atoms with Crippen molar-refractivity contribution in [3.63, 3.8) is 0 Å². The Bertz CT molecular complexity index is 658. The topological polar surface area (TPSA) is 69.2 Å². The fourth-order valence-corrected chi connectivity index (χ4v) is 3.24. The first kappa shape index (κ1) is 22.6. The van der Waals surface area contributed by atoms with Crippen molar-refractivity contribution in [2.45, 2.75) is 19.8 Å². The van der Waals surface area contributed by atoms with E-state index in [2.05, 4.69) is 39.5 Å². The van der Waals surface area contributed by atoms with Gasteiger partial charge in [-0.05, 0) is 31.9 Å². The van der Waals surface area contributed by atoms with Crippen LogP contribution in [-0.2, 0) is 4.79 Å². The van der Waals surface area contributed by atoms with Gasteiger partial charge >= 0.3 is 0 Å². The van der Waals surface area contributed by atoms with Gasteiger partial charge in [-0.25, -0.2) is 0 Å². The molecule has 7 nitrogen and oxygen atoms in total. The molecule has 1 aliphatic heterocycles. The molecule has 156 valence electrons. The van der Waals surface area contributed by atoms with Crippen molar-refractivity contribution in [2.75, 3.05) is 57.8 Å². The van der Waals surface area contributed by atoms with Crippen LogP contribution >= 0.6 is 24.0 Å². The molecule has 1 saturated carbocycles. The maximum Gasteiger partial charge on any atom is 0.223 e. The van der Waals surface area contributed by atoms with Gasteiger partial charge in [0.2, 0.25) is 5.91 Å². The van der Waals surface area contributed by atoms with E-state index >= 15 is 0 Å². The Morgan fingerprint density at radius 3 is 2.61 bits per heavy atom. The number of nitrogens with zero attached hydrogens (tertiary/aromatic N) is 3. The molecule has 2 N–H and O–H groups in total. The molecular formula is C20H32IN5O2. The monoisotopic (exact) mass is 501 g/mol. The second-order valence-electron chi connectivity index (χ2n) is 6.98. The van der Waals surface area contributed by atoms with Crippen LogP contribution < -0.4 is 20.3 Å². The van der Waals surface area contributed by atoms with E-state index in [4.69, 9.17) is 9.73 Å². The highest BCUT2D eigenvalue weighted by Crippen LogP contribution is 2.28. The Kier molecular flexibility index (Phi) is 9.14. The lowest BCUT2D eigenvalue weighted by Crippen LogP contribution is -2.52. The second-order valence-corrected chi connectivity index (χ2v) is 6.98. The zero-order valence-electron chi connectivity index (χ0n) is 16.8. The number of rotatable bonds is 7. The molecule has 2 fully saturated rings. The van der Waals surface area contributed by atoms with Gasteiger partial charge in [-0.3, -0.25) is 9.79 Å². The van der Waals surface area contributed by atoms with E-state index in [0.717, 1.165) is 57.3 Å². The van der Waals surface area contributed by atoms with Gasteiger partial charge < -0.3 is 25.2 Å². The van der Waals surface area contributed by atoms with E-state index in [1.165, 1.54) is 5.69 Å². The number of guanidine groups is 1. The van der Waals surface area contributed by atoms with E-state index in [9.17, 15) is 4.79 Å². The van der Waals surface area contributed by atoms with Gasteiger partial charge in [0.05, 0.1) is 13.7 Å². The molecule has 1 aromatic carbocycles. The number of ether oxygens (including phenoxy) is 1. The summed E-state index contributed by atoms with van der Waals surface area (Å²) in [4.78, 5) is 21.1. The minimum Gasteiger partial charge on any atom is -0.497 e. The molecule has 0 atom stereocenters. The molecule has 0 bridgehead atoms. The van der Waals surface area contributed by atoms with Crippen molar-refractivity contribution in [1.82, 2.24) is 15.5 Å². The number of halogens is 1. The molecule has 1 aliphatic carbocycles. The van der Waals surface area contributed by atoms with Gasteiger partial charge in [0.15, 0.2) is 5.96 Å². The first-order chi connectivity index (χ1) is 13.2. The molecule has 1 heterocycles. The molecule has 0 aromatic heterocycles. The zero-order chi connectivity index (χ0) is 19.1. The van der Waals surface area contributed by atoms with Gasteiger partial charge in [0.25, 0.3) is 0 Å². The lowest BCUT2D eigenvalue weighted by Gasteiger charge is -2.37. The highest BCUT2D eigenvalue weighted by molar-refractivity contribution is 14.0. The Labute approximate surface area is 184 Å². The molecule has 3 rings (SSSR count). The summed E-state index contributed by atoms with van der Waals surface area (Å²) in [7, 11) is 1.70. The molecule has 2 aliphatic rings. The van der Waals surface area contributed by atoms with Crippen LogP contribution in [0, 0.1) is 5.92 Å². The van der Waals surface area contributed by atoms with Crippen molar-refractivity contribution >= 4 is 41.5 Å². The number of carbonyl (C=O) groups is 1. The summed E-state index contributed by atoms with van der Waals surface area (Å²) in [6.45, 7) is 7.84. The highest BCUT2D eigenvalue weighted by Gasteiger charge is 2.29. The SMILES string of the molecule is CCNC(=NCCNC(=O)C1CC1)N1CCN(c2cccc(OC)c2)CC1.I. The van der Waals surface area contributed by atoms with Gasteiger partial charge in [-0.2, -0.15) is 0 Å². The van der Waals surface area contributed by atoms with E-state index < -0.39 is 0 Å². The average Bonchev–Trinajstić information content (AvgIpc) is 3.56. The lowest BCUT2D eigenvalue weighted by molar-refractivity contribution is -0.122. The maximum atomic E-state index is 11.7. The number of nitrogens with one attached hydrogen (secondary N) is 2. The smallest absolute Gasteiger partial charge is 0.223 e. The molecular weight excluding hydrogens is 469 g/mol. The van der Waals surface area contributed by atoms with E-state index in [-0.39, 0.29) is 35.8 Å². The predicted octanol–water partition coefficient (Wildman–Crippen LogP) is 1.93. The van der Waals surface area contributed by atoms with Crippen LogP contribution in [0.15, 0.2) is 29.3 Å². The normalized spacial score (nSPS) is 17.0. The third-order valence-electron chi connectivity index (χ3n) is 4.95. The summed E-state index contributed by atoms with van der Waals surface area (Å²) >= 11 is 0. The molecule has 0 unspecified atom stereocenters. The number of benzene rings is 1. The van der Waals surface area contributed by atoms with Crippen LogP contribution in [0.1, 0.15) is 19.8 Å². The molecule has 1 amide bonds. The predicted molar refractivity (Wildman–Crippen MR) is 124 cm³/mol. The molecule has 1 saturated heterocycles. The minimum atomic E-state index is 0. The van der Waals surface area contributed by atoms with Crippen molar-refractivity contribution in [3.8, 4) is 5.75 Å². The average molecular weight is 501 g/mol. The number of hydrogen-bond donors (Lipinski definition) is 2. The first-order valence-corrected chi connectivity index (χ1v) is 9.91. The molecule has 28 heavy (non-hydrogen) atoms. The summed E-state index contributed by atoms with van der Waals surface area (Å²) in [5.41, 5.74) is 1.19. The molecule has 0 spiro atoms. The summed E-state index contributed by atoms with van der Waals surface area (Å²) in [6, 6.07) is 8.21. The standard InChI is InChI=1S/C20H31N5O2.HI/c1-3-21-20(23-10-9-22-19(26)16-7-8-16)25-13-11-24(12-14-25)17-5-4-6-18(15-17)27-2;/h4-6,15-16H,3,7-14H2,1-2H3,(H,21,23)(H,22,26);1H. The Balaban J connectivity index is 0.00000280. The van der Waals surface area contributed by atoms with Crippen molar-refractivity contribution < 1.29 is 9.53 Å². The van der Waals surface area contributed by atoms with Crippen molar-refractivity contribution in [1.29, 1.82) is 0 Å². The first-order valence-electron chi connectivity index (χ1n) is 9.91. The van der Waals surface area contributed by atoms with Crippen LogP contribution in [0.3, 0.4) is 0 Å². The van der Waals surface area contributed by atoms with E-state index in [1.54, 1.807) is 7.11 Å². The number of piperazine rings is 1. The third-order valence-corrected chi connectivity index (χ3v) is 4.95. The van der Waals surface area contributed by atoms with E-state index in [0.29, 0.717) is 13.1 Å². The van der Waals surface area contributed by atoms with Gasteiger partial charge in [0.1, 0.15) is 5.75 Å². The number of hydrogen-bond acceptors (Lipinski definition) is 4. The summed E-state index contributed by atoms with van der Waals surface area (Å²) in [6.07, 6.45) is 2.07.